The highest BCUT2D eigenvalue weighted by atomic mass is 35.5. The van der Waals surface area contributed by atoms with Crippen molar-refractivity contribution in [2.75, 3.05) is 26.2 Å². The van der Waals surface area contributed by atoms with Crippen molar-refractivity contribution < 1.29 is 44.7 Å². The number of halogens is 9. The molecular weight excluding hydrogens is 624 g/mol. The standard InChI is InChI=1S/C24H17Cl2F7N6O3/c25-14-2-1-10(3-15(14)26)23(29,30)20-37-36-17(42-20)13-6-38(19(41)16-12(5-34-35-16)24(31,32)33)7-21(13)8-39(9-21)18(40)11-4-22(11,27)28/h1-3,5,11,13H,4,6-9H2,(H,34,35)/t11-,13?/m1/s1. The van der Waals surface area contributed by atoms with Crippen molar-refractivity contribution >= 4 is 35.0 Å². The molecule has 1 spiro atoms. The van der Waals surface area contributed by atoms with Gasteiger partial charge in [-0.2, -0.15) is 27.1 Å². The van der Waals surface area contributed by atoms with Gasteiger partial charge >= 0.3 is 12.1 Å². The fraction of sp³-hybridized carbons (Fsp3) is 0.458. The van der Waals surface area contributed by atoms with Gasteiger partial charge in [0.2, 0.25) is 11.8 Å². The number of hydrogen-bond acceptors (Lipinski definition) is 6. The molecule has 3 fully saturated rings. The minimum absolute atomic E-state index is 0.0269. The summed E-state index contributed by atoms with van der Waals surface area (Å²) < 4.78 is 103. The highest BCUT2D eigenvalue weighted by molar-refractivity contribution is 6.42. The molecule has 2 aromatic heterocycles. The molecule has 4 heterocycles. The molecule has 9 nitrogen and oxygen atoms in total. The van der Waals surface area contributed by atoms with Crippen LogP contribution in [0.2, 0.25) is 10.0 Å². The fourth-order valence-corrected chi connectivity index (χ4v) is 5.79. The Balaban J connectivity index is 1.30. The minimum Gasteiger partial charge on any atom is -0.419 e. The number of likely N-dealkylation sites (tertiary alicyclic amines) is 2. The molecule has 42 heavy (non-hydrogen) atoms. The lowest BCUT2D eigenvalue weighted by Gasteiger charge is -2.50. The molecule has 1 saturated carbocycles. The lowest BCUT2D eigenvalue weighted by Crippen LogP contribution is -2.62. The van der Waals surface area contributed by atoms with Crippen LogP contribution in [-0.4, -0.2) is 74.1 Å². The summed E-state index contributed by atoms with van der Waals surface area (Å²) in [6, 6.07) is 3.06. The number of rotatable bonds is 5. The lowest BCUT2D eigenvalue weighted by molar-refractivity contribution is -0.147. The molecule has 1 unspecified atom stereocenters. The number of aromatic amines is 1. The van der Waals surface area contributed by atoms with E-state index in [0.717, 1.165) is 28.0 Å². The molecule has 1 N–H and O–H groups in total. The van der Waals surface area contributed by atoms with Gasteiger partial charge in [-0.3, -0.25) is 14.7 Å². The summed E-state index contributed by atoms with van der Waals surface area (Å²) >= 11 is 11.7. The van der Waals surface area contributed by atoms with E-state index >= 15 is 8.78 Å². The normalized spacial score (nSPS) is 22.9. The molecule has 2 aliphatic heterocycles. The van der Waals surface area contributed by atoms with Gasteiger partial charge < -0.3 is 14.2 Å². The number of benzene rings is 1. The number of carbonyl (C=O) groups is 2. The molecule has 0 bridgehead atoms. The molecule has 3 aliphatic rings. The van der Waals surface area contributed by atoms with Gasteiger partial charge in [0.15, 0.2) is 0 Å². The van der Waals surface area contributed by atoms with E-state index in [4.69, 9.17) is 27.6 Å². The number of nitrogens with zero attached hydrogens (tertiary/aromatic N) is 5. The first-order valence-electron chi connectivity index (χ1n) is 12.3. The zero-order valence-corrected chi connectivity index (χ0v) is 22.4. The highest BCUT2D eigenvalue weighted by Gasteiger charge is 2.66. The molecule has 3 aromatic rings. The summed E-state index contributed by atoms with van der Waals surface area (Å²) in [5, 5.41) is 12.4. The predicted molar refractivity (Wildman–Crippen MR) is 128 cm³/mol. The number of nitrogens with one attached hydrogen (secondary N) is 1. The molecule has 0 radical (unpaired) electrons. The maximum atomic E-state index is 15.3. The maximum absolute atomic E-state index is 15.3. The van der Waals surface area contributed by atoms with Gasteiger partial charge in [-0.1, -0.05) is 29.3 Å². The van der Waals surface area contributed by atoms with Crippen LogP contribution in [0.4, 0.5) is 30.7 Å². The first-order chi connectivity index (χ1) is 19.5. The zero-order chi connectivity index (χ0) is 30.4. The Kier molecular flexibility index (Phi) is 6.36. The number of H-pyrrole nitrogens is 1. The third-order valence-corrected chi connectivity index (χ3v) is 8.57. The van der Waals surface area contributed by atoms with Crippen LogP contribution >= 0.6 is 23.2 Å². The average molecular weight is 641 g/mol. The first-order valence-corrected chi connectivity index (χ1v) is 13.0. The van der Waals surface area contributed by atoms with Crippen LogP contribution in [0.15, 0.2) is 28.8 Å². The molecule has 2 saturated heterocycles. The van der Waals surface area contributed by atoms with Crippen molar-refractivity contribution in [3.05, 3.63) is 63.0 Å². The van der Waals surface area contributed by atoms with Crippen molar-refractivity contribution in [1.29, 1.82) is 0 Å². The number of carbonyl (C=O) groups excluding carboxylic acids is 2. The topological polar surface area (TPSA) is 108 Å². The maximum Gasteiger partial charge on any atom is 0.420 e. The number of amides is 2. The van der Waals surface area contributed by atoms with Crippen LogP contribution in [0.25, 0.3) is 0 Å². The van der Waals surface area contributed by atoms with E-state index in [1.807, 2.05) is 5.10 Å². The second-order valence-corrected chi connectivity index (χ2v) is 11.4. The molecule has 2 atom stereocenters. The van der Waals surface area contributed by atoms with Crippen LogP contribution in [-0.2, 0) is 16.9 Å². The van der Waals surface area contributed by atoms with E-state index in [-0.39, 0.29) is 42.1 Å². The van der Waals surface area contributed by atoms with E-state index < -0.39 is 76.2 Å². The summed E-state index contributed by atoms with van der Waals surface area (Å²) in [6.45, 7) is -0.985. The van der Waals surface area contributed by atoms with Crippen molar-refractivity contribution in [3.8, 4) is 0 Å². The Hall–Kier alpha value is -3.40. The Morgan fingerprint density at radius 1 is 1.02 bits per heavy atom. The molecule has 2 amide bonds. The molecular formula is C24H17Cl2F7N6O3. The number of hydrogen-bond donors (Lipinski definition) is 1. The van der Waals surface area contributed by atoms with Crippen molar-refractivity contribution in [3.63, 3.8) is 0 Å². The van der Waals surface area contributed by atoms with Crippen molar-refractivity contribution in [2.24, 2.45) is 11.3 Å². The third kappa shape index (κ3) is 4.58. The van der Waals surface area contributed by atoms with Gasteiger partial charge in [0.1, 0.15) is 17.2 Å². The van der Waals surface area contributed by atoms with Crippen LogP contribution in [0.1, 0.15) is 45.7 Å². The van der Waals surface area contributed by atoms with E-state index in [0.29, 0.717) is 6.20 Å². The quantitative estimate of drug-likeness (QED) is 0.394. The molecule has 224 valence electrons. The Morgan fingerprint density at radius 2 is 1.69 bits per heavy atom. The average Bonchev–Trinajstić information content (AvgIpc) is 3.40. The van der Waals surface area contributed by atoms with Gasteiger partial charge in [-0.05, 0) is 12.1 Å². The van der Waals surface area contributed by atoms with Crippen molar-refractivity contribution in [2.45, 2.75) is 30.4 Å². The zero-order valence-electron chi connectivity index (χ0n) is 20.9. The van der Waals surface area contributed by atoms with E-state index in [2.05, 4.69) is 15.3 Å². The second-order valence-electron chi connectivity index (χ2n) is 10.6. The van der Waals surface area contributed by atoms with Crippen molar-refractivity contribution in [1.82, 2.24) is 30.2 Å². The van der Waals surface area contributed by atoms with Crippen LogP contribution in [0.3, 0.4) is 0 Å². The van der Waals surface area contributed by atoms with E-state index in [1.54, 1.807) is 0 Å². The molecule has 6 rings (SSSR count). The smallest absolute Gasteiger partial charge is 0.419 e. The Morgan fingerprint density at radius 3 is 2.31 bits per heavy atom. The van der Waals surface area contributed by atoms with Gasteiger partial charge in [0.05, 0.1) is 22.2 Å². The van der Waals surface area contributed by atoms with Crippen LogP contribution in [0.5, 0.6) is 0 Å². The molecule has 1 aromatic carbocycles. The van der Waals surface area contributed by atoms with E-state index in [9.17, 15) is 31.5 Å². The van der Waals surface area contributed by atoms with Gasteiger partial charge in [-0.15, -0.1) is 10.2 Å². The number of aromatic nitrogens is 4. The Labute approximate surface area is 240 Å². The predicted octanol–water partition coefficient (Wildman–Crippen LogP) is 4.98. The Bertz CT molecular complexity index is 1590. The minimum atomic E-state index is -4.90. The summed E-state index contributed by atoms with van der Waals surface area (Å²) in [5.41, 5.74) is -3.92. The first kappa shape index (κ1) is 28.7. The molecule has 1 aliphatic carbocycles. The summed E-state index contributed by atoms with van der Waals surface area (Å²) in [5.74, 6) is -12.9. The summed E-state index contributed by atoms with van der Waals surface area (Å²) in [6.07, 6.45) is -5.06. The highest BCUT2D eigenvalue weighted by Crippen LogP contribution is 2.54. The lowest BCUT2D eigenvalue weighted by atomic mass is 9.71. The van der Waals surface area contributed by atoms with Gasteiger partial charge in [-0.25, -0.2) is 8.78 Å². The van der Waals surface area contributed by atoms with Gasteiger partial charge in [0, 0.05) is 43.6 Å². The monoisotopic (exact) mass is 640 g/mol. The third-order valence-electron chi connectivity index (χ3n) is 7.83. The number of alkyl halides is 7. The molecule has 18 heteroatoms. The fourth-order valence-electron chi connectivity index (χ4n) is 5.49. The van der Waals surface area contributed by atoms with Gasteiger partial charge in [0.25, 0.3) is 17.7 Å². The largest absolute Gasteiger partial charge is 0.420 e. The van der Waals surface area contributed by atoms with E-state index in [1.165, 1.54) is 0 Å². The van der Waals surface area contributed by atoms with Crippen LogP contribution in [0, 0.1) is 11.3 Å². The second kappa shape index (κ2) is 9.30. The van der Waals surface area contributed by atoms with Crippen LogP contribution < -0.4 is 0 Å². The summed E-state index contributed by atoms with van der Waals surface area (Å²) in [4.78, 5) is 27.9. The SMILES string of the molecule is O=C(c1[nH]ncc1C(F)(F)F)N1CC(c2nnc(C(F)(F)c3ccc(Cl)c(Cl)c3)o2)C2(C1)CN(C(=O)[C@H]1CC1(F)F)C2. The summed E-state index contributed by atoms with van der Waals surface area (Å²) in [7, 11) is 0.